The minimum atomic E-state index is -4.49. The number of halogens is 3. The minimum Gasteiger partial charge on any atom is -0.489 e. The van der Waals surface area contributed by atoms with E-state index in [1.54, 1.807) is 31.2 Å². The molecule has 2 amide bonds. The number of rotatable bonds is 6. The van der Waals surface area contributed by atoms with E-state index in [4.69, 9.17) is 4.74 Å². The quantitative estimate of drug-likeness (QED) is 0.301. The van der Waals surface area contributed by atoms with E-state index in [-0.39, 0.29) is 5.69 Å². The van der Waals surface area contributed by atoms with E-state index < -0.39 is 23.6 Å². The zero-order valence-corrected chi connectivity index (χ0v) is 18.4. The summed E-state index contributed by atoms with van der Waals surface area (Å²) in [5.41, 5.74) is 4.69. The summed E-state index contributed by atoms with van der Waals surface area (Å²) in [6.45, 7) is 4.10. The van der Waals surface area contributed by atoms with Crippen molar-refractivity contribution in [2.24, 2.45) is 5.10 Å². The van der Waals surface area contributed by atoms with Gasteiger partial charge in [0.1, 0.15) is 12.4 Å². The van der Waals surface area contributed by atoms with Crippen molar-refractivity contribution < 1.29 is 27.5 Å². The lowest BCUT2D eigenvalue weighted by Gasteiger charge is -2.09. The number of carbonyl (C=O) groups is 2. The van der Waals surface area contributed by atoms with Gasteiger partial charge in [0.15, 0.2) is 0 Å². The molecule has 3 aromatic carbocycles. The van der Waals surface area contributed by atoms with Crippen molar-refractivity contribution in [3.63, 3.8) is 0 Å². The number of hydrogen-bond acceptors (Lipinski definition) is 4. The third-order valence-corrected chi connectivity index (χ3v) is 4.93. The Balaban J connectivity index is 1.53. The lowest BCUT2D eigenvalue weighted by atomic mass is 10.1. The van der Waals surface area contributed by atoms with Crippen molar-refractivity contribution in [3.8, 4) is 5.75 Å². The lowest BCUT2D eigenvalue weighted by Crippen LogP contribution is -2.32. The van der Waals surface area contributed by atoms with Crippen LogP contribution in [0.15, 0.2) is 77.9 Å². The van der Waals surface area contributed by atoms with Crippen LogP contribution in [0.1, 0.15) is 29.2 Å². The van der Waals surface area contributed by atoms with Crippen molar-refractivity contribution in [1.82, 2.24) is 5.43 Å². The topological polar surface area (TPSA) is 79.8 Å². The molecule has 0 heterocycles. The second-order valence-corrected chi connectivity index (χ2v) is 7.41. The van der Waals surface area contributed by atoms with E-state index in [1.807, 2.05) is 31.2 Å². The van der Waals surface area contributed by atoms with Crippen molar-refractivity contribution in [2.45, 2.75) is 26.6 Å². The number of benzene rings is 3. The molecular weight excluding hydrogens is 447 g/mol. The number of hydrogen-bond donors (Lipinski definition) is 2. The smallest absolute Gasteiger partial charge is 0.416 e. The Morgan fingerprint density at radius 3 is 2.18 bits per heavy atom. The molecule has 0 aliphatic heterocycles. The SMILES string of the molecule is CC(=NNC(=O)C(=O)Nc1ccc(C(F)(F)F)cc1)c1ccc(OCc2ccccc2C)cc1. The molecule has 0 fully saturated rings. The molecule has 0 atom stereocenters. The number of carbonyl (C=O) groups excluding carboxylic acids is 2. The predicted molar refractivity (Wildman–Crippen MR) is 122 cm³/mol. The van der Waals surface area contributed by atoms with Gasteiger partial charge < -0.3 is 10.1 Å². The van der Waals surface area contributed by atoms with Crippen molar-refractivity contribution in [1.29, 1.82) is 0 Å². The fraction of sp³-hybridized carbons (Fsp3) is 0.160. The maximum Gasteiger partial charge on any atom is 0.416 e. The largest absolute Gasteiger partial charge is 0.489 e. The number of anilines is 1. The van der Waals surface area contributed by atoms with Crippen LogP contribution in [0.4, 0.5) is 18.9 Å². The summed E-state index contributed by atoms with van der Waals surface area (Å²) in [4.78, 5) is 24.0. The molecule has 6 nitrogen and oxygen atoms in total. The maximum atomic E-state index is 12.6. The van der Waals surface area contributed by atoms with Crippen LogP contribution in [0, 0.1) is 6.92 Å². The van der Waals surface area contributed by atoms with E-state index in [2.05, 4.69) is 15.8 Å². The standard InChI is InChI=1S/C25H22F3N3O3/c1-16-5-3-4-6-19(16)15-34-22-13-7-18(8-14-22)17(2)30-31-24(33)23(32)29-21-11-9-20(10-12-21)25(26,27)28/h3-14H,15H2,1-2H3,(H,29,32)(H,31,33). The normalized spacial score (nSPS) is 11.6. The first-order chi connectivity index (χ1) is 16.1. The minimum absolute atomic E-state index is 0.0511. The molecule has 0 radical (unpaired) electrons. The van der Waals surface area contributed by atoms with E-state index in [0.29, 0.717) is 23.6 Å². The van der Waals surface area contributed by atoms with Gasteiger partial charge in [0.05, 0.1) is 11.3 Å². The van der Waals surface area contributed by atoms with E-state index in [1.165, 1.54) is 0 Å². The Morgan fingerprint density at radius 1 is 0.912 bits per heavy atom. The van der Waals surface area contributed by atoms with Gasteiger partial charge in [0, 0.05) is 5.69 Å². The predicted octanol–water partition coefficient (Wildman–Crippen LogP) is 5.07. The van der Waals surface area contributed by atoms with Crippen molar-refractivity contribution in [3.05, 3.63) is 95.1 Å². The Bertz CT molecular complexity index is 1190. The number of hydrazone groups is 1. The lowest BCUT2D eigenvalue weighted by molar-refractivity contribution is -0.137. The molecule has 0 saturated heterocycles. The fourth-order valence-electron chi connectivity index (χ4n) is 2.91. The molecule has 0 spiro atoms. The molecule has 3 aromatic rings. The van der Waals surface area contributed by atoms with Gasteiger partial charge in [0.2, 0.25) is 0 Å². The summed E-state index contributed by atoms with van der Waals surface area (Å²) in [6.07, 6.45) is -4.49. The zero-order chi connectivity index (χ0) is 24.7. The summed E-state index contributed by atoms with van der Waals surface area (Å²) in [7, 11) is 0. The number of aryl methyl sites for hydroxylation is 1. The summed E-state index contributed by atoms with van der Waals surface area (Å²) in [5.74, 6) is -1.45. The van der Waals surface area contributed by atoms with Crippen molar-refractivity contribution in [2.75, 3.05) is 5.32 Å². The average molecular weight is 469 g/mol. The van der Waals surface area contributed by atoms with Gasteiger partial charge >= 0.3 is 18.0 Å². The Hall–Kier alpha value is -4.14. The van der Waals surface area contributed by atoms with Gasteiger partial charge in [-0.25, -0.2) is 5.43 Å². The van der Waals surface area contributed by atoms with Gasteiger partial charge in [-0.05, 0) is 79.1 Å². The van der Waals surface area contributed by atoms with Crippen LogP contribution in [-0.2, 0) is 22.4 Å². The molecule has 2 N–H and O–H groups in total. The molecule has 0 unspecified atom stereocenters. The van der Waals surface area contributed by atoms with Gasteiger partial charge in [-0.3, -0.25) is 9.59 Å². The first-order valence-electron chi connectivity index (χ1n) is 10.2. The highest BCUT2D eigenvalue weighted by Gasteiger charge is 2.30. The summed E-state index contributed by atoms with van der Waals surface area (Å²) in [6, 6.07) is 18.7. The first kappa shape index (κ1) is 24.5. The van der Waals surface area contributed by atoms with E-state index in [9.17, 15) is 22.8 Å². The highest BCUT2D eigenvalue weighted by Crippen LogP contribution is 2.29. The fourth-order valence-corrected chi connectivity index (χ4v) is 2.91. The highest BCUT2D eigenvalue weighted by atomic mass is 19.4. The summed E-state index contributed by atoms with van der Waals surface area (Å²) >= 11 is 0. The molecule has 0 aliphatic carbocycles. The van der Waals surface area contributed by atoms with Crippen LogP contribution in [0.2, 0.25) is 0 Å². The van der Waals surface area contributed by atoms with Gasteiger partial charge in [-0.1, -0.05) is 24.3 Å². The van der Waals surface area contributed by atoms with Crippen molar-refractivity contribution >= 4 is 23.2 Å². The molecular formula is C25H22F3N3O3. The van der Waals surface area contributed by atoms with Gasteiger partial charge in [0.25, 0.3) is 0 Å². The third-order valence-electron chi connectivity index (χ3n) is 4.93. The molecule has 0 aliphatic rings. The molecule has 176 valence electrons. The van der Waals surface area contributed by atoms with Gasteiger partial charge in [-0.2, -0.15) is 18.3 Å². The molecule has 0 saturated carbocycles. The Labute approximate surface area is 194 Å². The Kier molecular flexibility index (Phi) is 7.68. The molecule has 3 rings (SSSR count). The number of ether oxygens (including phenoxy) is 1. The van der Waals surface area contributed by atoms with E-state index in [0.717, 1.165) is 35.4 Å². The molecule has 9 heteroatoms. The number of amides is 2. The van der Waals surface area contributed by atoms with Crippen LogP contribution in [-0.4, -0.2) is 17.5 Å². The van der Waals surface area contributed by atoms with Crippen LogP contribution in [0.25, 0.3) is 0 Å². The number of nitrogens with zero attached hydrogens (tertiary/aromatic N) is 1. The van der Waals surface area contributed by atoms with Crippen LogP contribution in [0.5, 0.6) is 5.75 Å². The molecule has 34 heavy (non-hydrogen) atoms. The second kappa shape index (κ2) is 10.7. The summed E-state index contributed by atoms with van der Waals surface area (Å²) < 4.78 is 43.6. The number of alkyl halides is 3. The van der Waals surface area contributed by atoms with Crippen LogP contribution >= 0.6 is 0 Å². The van der Waals surface area contributed by atoms with Gasteiger partial charge in [-0.15, -0.1) is 0 Å². The van der Waals surface area contributed by atoms with E-state index >= 15 is 0 Å². The first-order valence-corrected chi connectivity index (χ1v) is 10.2. The maximum absolute atomic E-state index is 12.6. The van der Waals surface area contributed by atoms with Crippen LogP contribution in [0.3, 0.4) is 0 Å². The summed E-state index contributed by atoms with van der Waals surface area (Å²) in [5, 5.41) is 6.12. The highest BCUT2D eigenvalue weighted by molar-refractivity contribution is 6.39. The zero-order valence-electron chi connectivity index (χ0n) is 18.4. The third kappa shape index (κ3) is 6.68. The second-order valence-electron chi connectivity index (χ2n) is 7.41. The monoisotopic (exact) mass is 469 g/mol. The average Bonchev–Trinajstić information content (AvgIpc) is 2.82. The Morgan fingerprint density at radius 2 is 1.56 bits per heavy atom. The molecule has 0 bridgehead atoms. The molecule has 0 aromatic heterocycles. The number of nitrogens with one attached hydrogen (secondary N) is 2. The van der Waals surface area contributed by atoms with Crippen LogP contribution < -0.4 is 15.5 Å².